The number of amides is 1. The van der Waals surface area contributed by atoms with E-state index in [-0.39, 0.29) is 12.4 Å². The number of benzene rings is 3. The lowest BCUT2D eigenvalue weighted by Crippen LogP contribution is -2.25. The summed E-state index contributed by atoms with van der Waals surface area (Å²) >= 11 is 12.3. The van der Waals surface area contributed by atoms with Crippen LogP contribution in [0.25, 0.3) is 0 Å². The van der Waals surface area contributed by atoms with Gasteiger partial charge in [-0.15, -0.1) is 0 Å². The predicted octanol–water partition coefficient (Wildman–Crippen LogP) is 7.02. The molecule has 3 aromatic rings. The largest absolute Gasteiger partial charge is 0.508 e. The second-order valence-corrected chi connectivity index (χ2v) is 9.78. The van der Waals surface area contributed by atoms with Gasteiger partial charge in [-0.2, -0.15) is 0 Å². The summed E-state index contributed by atoms with van der Waals surface area (Å²) in [5, 5.41) is 14.2. The SMILES string of the molecule is CCCN(Cc1ccc(Cl)c(Cl)c1)Cc1cc(Oc2c(C)cc(NC(=O)C(=O)OCC)cc2C)ccc1O. The van der Waals surface area contributed by atoms with Crippen LogP contribution in [-0.4, -0.2) is 35.0 Å². The Morgan fingerprint density at radius 2 is 1.66 bits per heavy atom. The minimum Gasteiger partial charge on any atom is -0.508 e. The molecule has 202 valence electrons. The highest BCUT2D eigenvalue weighted by Gasteiger charge is 2.17. The van der Waals surface area contributed by atoms with Crippen LogP contribution in [0.15, 0.2) is 48.5 Å². The predicted molar refractivity (Wildman–Crippen MR) is 150 cm³/mol. The van der Waals surface area contributed by atoms with Crippen molar-refractivity contribution in [2.24, 2.45) is 0 Å². The zero-order valence-corrected chi connectivity index (χ0v) is 23.4. The maximum Gasteiger partial charge on any atom is 0.397 e. The first-order valence-corrected chi connectivity index (χ1v) is 13.1. The van der Waals surface area contributed by atoms with Crippen LogP contribution < -0.4 is 10.1 Å². The molecule has 9 heteroatoms. The van der Waals surface area contributed by atoms with Crippen LogP contribution in [0.5, 0.6) is 17.2 Å². The van der Waals surface area contributed by atoms with Gasteiger partial charge in [-0.3, -0.25) is 9.69 Å². The number of carbonyl (C=O) groups is 2. The van der Waals surface area contributed by atoms with Gasteiger partial charge in [0.25, 0.3) is 0 Å². The Labute approximate surface area is 233 Å². The summed E-state index contributed by atoms with van der Waals surface area (Å²) in [6.07, 6.45) is 0.940. The monoisotopic (exact) mass is 558 g/mol. The van der Waals surface area contributed by atoms with Crippen molar-refractivity contribution < 1.29 is 24.2 Å². The molecule has 0 fully saturated rings. The highest BCUT2D eigenvalue weighted by molar-refractivity contribution is 6.42. The van der Waals surface area contributed by atoms with Crippen LogP contribution in [0.3, 0.4) is 0 Å². The molecule has 0 radical (unpaired) electrons. The molecule has 3 aromatic carbocycles. The molecule has 1 amide bonds. The molecule has 0 aliphatic rings. The molecule has 2 N–H and O–H groups in total. The molecular formula is C29H32Cl2N2O5. The molecule has 0 aliphatic carbocycles. The number of aromatic hydroxyl groups is 1. The third-order valence-corrected chi connectivity index (χ3v) is 6.51. The summed E-state index contributed by atoms with van der Waals surface area (Å²) < 4.78 is 10.9. The van der Waals surface area contributed by atoms with Crippen LogP contribution >= 0.6 is 23.2 Å². The topological polar surface area (TPSA) is 88.1 Å². The van der Waals surface area contributed by atoms with Crippen molar-refractivity contribution in [1.82, 2.24) is 4.90 Å². The quantitative estimate of drug-likeness (QED) is 0.205. The summed E-state index contributed by atoms with van der Waals surface area (Å²) in [6.45, 7) is 9.54. The Hall–Kier alpha value is -3.26. The van der Waals surface area contributed by atoms with Crippen LogP contribution in [0.4, 0.5) is 5.69 Å². The molecule has 38 heavy (non-hydrogen) atoms. The van der Waals surface area contributed by atoms with Crippen molar-refractivity contribution in [3.05, 3.63) is 80.8 Å². The van der Waals surface area contributed by atoms with E-state index >= 15 is 0 Å². The van der Waals surface area contributed by atoms with Crippen molar-refractivity contribution in [1.29, 1.82) is 0 Å². The Kier molecular flexibility index (Phi) is 10.4. The number of esters is 1. The van der Waals surface area contributed by atoms with E-state index in [1.165, 1.54) is 0 Å². The fourth-order valence-electron chi connectivity index (χ4n) is 4.10. The number of hydrogen-bond donors (Lipinski definition) is 2. The van der Waals surface area contributed by atoms with Gasteiger partial charge in [-0.05, 0) is 92.9 Å². The van der Waals surface area contributed by atoms with Crippen molar-refractivity contribution in [2.75, 3.05) is 18.5 Å². The number of phenolic OH excluding ortho intramolecular Hbond substituents is 1. The molecule has 0 atom stereocenters. The van der Waals surface area contributed by atoms with Gasteiger partial charge in [0.05, 0.1) is 16.7 Å². The number of carbonyl (C=O) groups excluding carboxylic acids is 2. The van der Waals surface area contributed by atoms with Gasteiger partial charge in [0.2, 0.25) is 0 Å². The van der Waals surface area contributed by atoms with Gasteiger partial charge in [-0.25, -0.2) is 4.79 Å². The highest BCUT2D eigenvalue weighted by Crippen LogP contribution is 2.34. The minimum absolute atomic E-state index is 0.122. The summed E-state index contributed by atoms with van der Waals surface area (Å²) in [6, 6.07) is 14.2. The van der Waals surface area contributed by atoms with E-state index in [2.05, 4.69) is 17.1 Å². The van der Waals surface area contributed by atoms with Crippen LogP contribution in [0.1, 0.15) is 42.5 Å². The first-order chi connectivity index (χ1) is 18.1. The van der Waals surface area contributed by atoms with Gasteiger partial charge in [0.1, 0.15) is 17.2 Å². The Morgan fingerprint density at radius 1 is 0.947 bits per heavy atom. The third kappa shape index (κ3) is 7.87. The van der Waals surface area contributed by atoms with E-state index < -0.39 is 11.9 Å². The molecular weight excluding hydrogens is 527 g/mol. The average Bonchev–Trinajstić information content (AvgIpc) is 2.86. The number of nitrogens with zero attached hydrogens (tertiary/aromatic N) is 1. The zero-order valence-electron chi connectivity index (χ0n) is 21.9. The zero-order chi connectivity index (χ0) is 27.8. The smallest absolute Gasteiger partial charge is 0.397 e. The molecule has 0 aromatic heterocycles. The standard InChI is InChI=1S/C29H32Cl2N2O5/c1-5-11-33(16-20-7-9-24(30)25(31)14-20)17-21-15-23(8-10-26(21)34)38-27-18(3)12-22(13-19(27)4)32-28(35)29(36)37-6-2/h7-10,12-15,34H,5-6,11,16-17H2,1-4H3,(H,32,35). The number of ether oxygens (including phenoxy) is 2. The van der Waals surface area contributed by atoms with Crippen LogP contribution in [-0.2, 0) is 27.4 Å². The molecule has 7 nitrogen and oxygen atoms in total. The second kappa shape index (κ2) is 13.5. The van der Waals surface area contributed by atoms with Crippen molar-refractivity contribution in [3.8, 4) is 17.2 Å². The van der Waals surface area contributed by atoms with Crippen molar-refractivity contribution >= 4 is 40.8 Å². The van der Waals surface area contributed by atoms with E-state index in [1.807, 2.05) is 32.0 Å². The van der Waals surface area contributed by atoms with Crippen molar-refractivity contribution in [3.63, 3.8) is 0 Å². The fraction of sp³-hybridized carbons (Fsp3) is 0.310. The fourth-order valence-corrected chi connectivity index (χ4v) is 4.42. The second-order valence-electron chi connectivity index (χ2n) is 8.97. The van der Waals surface area contributed by atoms with Gasteiger partial charge >= 0.3 is 11.9 Å². The number of phenols is 1. The Morgan fingerprint density at radius 3 is 2.29 bits per heavy atom. The number of halogens is 2. The molecule has 0 saturated carbocycles. The summed E-state index contributed by atoms with van der Waals surface area (Å²) in [7, 11) is 0. The maximum atomic E-state index is 12.0. The molecule has 0 spiro atoms. The normalized spacial score (nSPS) is 10.9. The maximum absolute atomic E-state index is 12.0. The first-order valence-electron chi connectivity index (χ1n) is 12.4. The first kappa shape index (κ1) is 29.3. The molecule has 0 unspecified atom stereocenters. The molecule has 0 heterocycles. The number of hydrogen-bond acceptors (Lipinski definition) is 6. The Balaban J connectivity index is 1.77. The molecule has 3 rings (SSSR count). The number of anilines is 1. The third-order valence-electron chi connectivity index (χ3n) is 5.77. The Bertz CT molecular complexity index is 1290. The lowest BCUT2D eigenvalue weighted by molar-refractivity contribution is -0.152. The van der Waals surface area contributed by atoms with E-state index in [0.29, 0.717) is 40.3 Å². The van der Waals surface area contributed by atoms with Gasteiger partial charge in [0.15, 0.2) is 0 Å². The summed E-state index contributed by atoms with van der Waals surface area (Å²) in [5.74, 6) is -0.399. The van der Waals surface area contributed by atoms with E-state index in [1.54, 1.807) is 37.3 Å². The molecule has 0 bridgehead atoms. The summed E-state index contributed by atoms with van der Waals surface area (Å²) in [5.41, 5.74) is 3.76. The number of nitrogens with one attached hydrogen (secondary N) is 1. The number of aryl methyl sites for hydroxylation is 2. The van der Waals surface area contributed by atoms with Crippen LogP contribution in [0.2, 0.25) is 10.0 Å². The van der Waals surface area contributed by atoms with Gasteiger partial charge in [-0.1, -0.05) is 36.2 Å². The van der Waals surface area contributed by atoms with E-state index in [0.717, 1.165) is 35.2 Å². The van der Waals surface area contributed by atoms with E-state index in [4.69, 9.17) is 32.7 Å². The summed E-state index contributed by atoms with van der Waals surface area (Å²) in [4.78, 5) is 25.9. The molecule has 0 saturated heterocycles. The average molecular weight is 559 g/mol. The highest BCUT2D eigenvalue weighted by atomic mass is 35.5. The number of rotatable bonds is 10. The van der Waals surface area contributed by atoms with Crippen LogP contribution in [0, 0.1) is 13.8 Å². The van der Waals surface area contributed by atoms with Gasteiger partial charge < -0.3 is 19.9 Å². The lowest BCUT2D eigenvalue weighted by atomic mass is 10.1. The molecule has 0 aliphatic heterocycles. The van der Waals surface area contributed by atoms with Crippen molar-refractivity contribution in [2.45, 2.75) is 47.2 Å². The van der Waals surface area contributed by atoms with E-state index in [9.17, 15) is 14.7 Å². The minimum atomic E-state index is -0.934. The van der Waals surface area contributed by atoms with Gasteiger partial charge in [0, 0.05) is 24.3 Å². The lowest BCUT2D eigenvalue weighted by Gasteiger charge is -2.23.